The van der Waals surface area contributed by atoms with Gasteiger partial charge >= 0.3 is 5.97 Å². The lowest BCUT2D eigenvalue weighted by Gasteiger charge is -2.13. The molecule has 1 aromatic rings. The number of ether oxygens (including phenoxy) is 1. The van der Waals surface area contributed by atoms with Crippen molar-refractivity contribution in [2.45, 2.75) is 20.3 Å². The van der Waals surface area contributed by atoms with Crippen LogP contribution in [0.25, 0.3) is 0 Å². The minimum atomic E-state index is -1.11. The van der Waals surface area contributed by atoms with Crippen molar-refractivity contribution >= 4 is 23.4 Å². The lowest BCUT2D eigenvalue weighted by atomic mass is 9.94. The smallest absolute Gasteiger partial charge is 0.304 e. The first-order valence-corrected chi connectivity index (χ1v) is 5.96. The Hall–Kier alpha value is -1.62. The highest BCUT2D eigenvalue weighted by Gasteiger charge is 2.24. The number of ketones is 1. The first-order chi connectivity index (χ1) is 8.79. The lowest BCUT2D eigenvalue weighted by molar-refractivity contribution is -0.137. The Bertz CT molecular complexity index is 528. The molecule has 0 heterocycles. The standard InChI is InChI=1S/C13H14ClFO4/c1-6(4-10(16)17)12(18)8-5-9(14)13(19-3)7(2)11(8)15/h5-6H,4H2,1-3H3,(H,16,17). The molecule has 1 unspecified atom stereocenters. The summed E-state index contributed by atoms with van der Waals surface area (Å²) in [5, 5.41) is 8.77. The Labute approximate surface area is 115 Å². The molecule has 1 atom stereocenters. The second kappa shape index (κ2) is 6.02. The third-order valence-corrected chi connectivity index (χ3v) is 3.07. The molecule has 104 valence electrons. The van der Waals surface area contributed by atoms with Crippen molar-refractivity contribution in [3.63, 3.8) is 0 Å². The molecule has 1 rings (SSSR count). The molecule has 1 aromatic carbocycles. The Balaban J connectivity index is 3.22. The summed E-state index contributed by atoms with van der Waals surface area (Å²) >= 11 is 5.90. The summed E-state index contributed by atoms with van der Waals surface area (Å²) in [4.78, 5) is 22.6. The highest BCUT2D eigenvalue weighted by Crippen LogP contribution is 2.33. The molecule has 0 amide bonds. The van der Waals surface area contributed by atoms with Gasteiger partial charge in [-0.15, -0.1) is 0 Å². The van der Waals surface area contributed by atoms with Crippen molar-refractivity contribution in [3.05, 3.63) is 28.0 Å². The molecule has 0 aliphatic carbocycles. The minimum absolute atomic E-state index is 0.118. The van der Waals surface area contributed by atoms with E-state index in [4.69, 9.17) is 21.4 Å². The number of carboxylic acid groups (broad SMARTS) is 1. The van der Waals surface area contributed by atoms with Crippen molar-refractivity contribution in [2.75, 3.05) is 7.11 Å². The maximum Gasteiger partial charge on any atom is 0.304 e. The van der Waals surface area contributed by atoms with Gasteiger partial charge in [-0.25, -0.2) is 4.39 Å². The van der Waals surface area contributed by atoms with E-state index in [1.54, 1.807) is 0 Å². The Kier molecular flexibility index (Phi) is 4.89. The zero-order valence-electron chi connectivity index (χ0n) is 10.8. The van der Waals surface area contributed by atoms with Gasteiger partial charge < -0.3 is 9.84 Å². The molecule has 0 aliphatic heterocycles. The molecule has 0 aromatic heterocycles. The monoisotopic (exact) mass is 288 g/mol. The number of hydrogen-bond acceptors (Lipinski definition) is 3. The van der Waals surface area contributed by atoms with Crippen molar-refractivity contribution in [1.82, 2.24) is 0 Å². The summed E-state index contributed by atoms with van der Waals surface area (Å²) in [6, 6.07) is 1.17. The van der Waals surface area contributed by atoms with Gasteiger partial charge in [0, 0.05) is 11.5 Å². The molecule has 19 heavy (non-hydrogen) atoms. The number of carbonyl (C=O) groups is 2. The van der Waals surface area contributed by atoms with Crippen LogP contribution in [0.2, 0.25) is 5.02 Å². The number of carbonyl (C=O) groups excluding carboxylic acids is 1. The molecule has 0 fully saturated rings. The fourth-order valence-electron chi connectivity index (χ4n) is 1.79. The van der Waals surface area contributed by atoms with E-state index in [-0.39, 0.29) is 28.3 Å². The fourth-order valence-corrected chi connectivity index (χ4v) is 2.11. The quantitative estimate of drug-likeness (QED) is 0.846. The third kappa shape index (κ3) is 3.23. The molecule has 0 spiro atoms. The first-order valence-electron chi connectivity index (χ1n) is 5.58. The molecule has 6 heteroatoms. The largest absolute Gasteiger partial charge is 0.495 e. The van der Waals surface area contributed by atoms with Gasteiger partial charge in [-0.1, -0.05) is 18.5 Å². The summed E-state index contributed by atoms with van der Waals surface area (Å²) in [7, 11) is 1.35. The maximum atomic E-state index is 14.1. The summed E-state index contributed by atoms with van der Waals surface area (Å²) in [5.41, 5.74) is -0.0853. The van der Waals surface area contributed by atoms with E-state index in [1.165, 1.54) is 27.0 Å². The summed E-state index contributed by atoms with van der Waals surface area (Å²) in [6.07, 6.45) is -0.360. The number of carboxylic acids is 1. The number of benzene rings is 1. The topological polar surface area (TPSA) is 63.6 Å². The Morgan fingerprint density at radius 3 is 2.58 bits per heavy atom. The second-order valence-electron chi connectivity index (χ2n) is 4.24. The van der Waals surface area contributed by atoms with Crippen LogP contribution in [0.1, 0.15) is 29.3 Å². The predicted octanol–water partition coefficient (Wildman–Crippen LogP) is 3.09. The van der Waals surface area contributed by atoms with E-state index in [0.29, 0.717) is 0 Å². The van der Waals surface area contributed by atoms with Crippen LogP contribution >= 0.6 is 11.6 Å². The number of aliphatic carboxylic acids is 1. The number of methoxy groups -OCH3 is 1. The van der Waals surface area contributed by atoms with Crippen molar-refractivity contribution in [2.24, 2.45) is 5.92 Å². The number of hydrogen-bond donors (Lipinski definition) is 1. The molecule has 0 aliphatic rings. The molecule has 0 bridgehead atoms. The van der Waals surface area contributed by atoms with Crippen LogP contribution in [-0.4, -0.2) is 24.0 Å². The summed E-state index contributed by atoms with van der Waals surface area (Å²) in [5.74, 6) is -3.09. The van der Waals surface area contributed by atoms with Gasteiger partial charge in [0.25, 0.3) is 0 Å². The van der Waals surface area contributed by atoms with Gasteiger partial charge in [0.05, 0.1) is 24.1 Å². The maximum absolute atomic E-state index is 14.1. The average Bonchev–Trinajstić information content (AvgIpc) is 2.32. The first kappa shape index (κ1) is 15.4. The van der Waals surface area contributed by atoms with Gasteiger partial charge in [0.15, 0.2) is 5.78 Å². The molecular formula is C13H14ClFO4. The van der Waals surface area contributed by atoms with Crippen LogP contribution in [0.4, 0.5) is 4.39 Å². The highest BCUT2D eigenvalue weighted by atomic mass is 35.5. The molecular weight excluding hydrogens is 275 g/mol. The number of rotatable bonds is 5. The predicted molar refractivity (Wildman–Crippen MR) is 68.4 cm³/mol. The van der Waals surface area contributed by atoms with Crippen LogP contribution in [0, 0.1) is 18.7 Å². The van der Waals surface area contributed by atoms with E-state index in [1.807, 2.05) is 0 Å². The van der Waals surface area contributed by atoms with Crippen LogP contribution in [-0.2, 0) is 4.79 Å². The highest BCUT2D eigenvalue weighted by molar-refractivity contribution is 6.32. The normalized spacial score (nSPS) is 12.1. The molecule has 1 N–H and O–H groups in total. The summed E-state index contributed by atoms with van der Waals surface area (Å²) < 4.78 is 19.0. The van der Waals surface area contributed by atoms with Crippen LogP contribution < -0.4 is 4.74 Å². The minimum Gasteiger partial charge on any atom is -0.495 e. The van der Waals surface area contributed by atoms with Crippen molar-refractivity contribution in [3.8, 4) is 5.75 Å². The zero-order chi connectivity index (χ0) is 14.7. The molecule has 0 saturated carbocycles. The van der Waals surface area contributed by atoms with Gasteiger partial charge in [0.1, 0.15) is 11.6 Å². The molecule has 4 nitrogen and oxygen atoms in total. The summed E-state index contributed by atoms with van der Waals surface area (Å²) in [6.45, 7) is 2.88. The van der Waals surface area contributed by atoms with E-state index in [9.17, 15) is 14.0 Å². The van der Waals surface area contributed by atoms with Gasteiger partial charge in [-0.3, -0.25) is 9.59 Å². The molecule has 0 saturated heterocycles. The zero-order valence-corrected chi connectivity index (χ0v) is 11.5. The van der Waals surface area contributed by atoms with E-state index >= 15 is 0 Å². The van der Waals surface area contributed by atoms with E-state index in [2.05, 4.69) is 0 Å². The van der Waals surface area contributed by atoms with Crippen LogP contribution in [0.5, 0.6) is 5.75 Å². The fraction of sp³-hybridized carbons (Fsp3) is 0.385. The number of halogens is 2. The average molecular weight is 289 g/mol. The van der Waals surface area contributed by atoms with Gasteiger partial charge in [0.2, 0.25) is 0 Å². The molecule has 0 radical (unpaired) electrons. The Morgan fingerprint density at radius 1 is 1.53 bits per heavy atom. The van der Waals surface area contributed by atoms with Crippen LogP contribution in [0.3, 0.4) is 0 Å². The Morgan fingerprint density at radius 2 is 2.11 bits per heavy atom. The van der Waals surface area contributed by atoms with Crippen molar-refractivity contribution in [1.29, 1.82) is 0 Å². The number of Topliss-reactive ketones (excluding diaryl/α,β-unsaturated/α-hetero) is 1. The van der Waals surface area contributed by atoms with Gasteiger partial charge in [-0.2, -0.15) is 0 Å². The van der Waals surface area contributed by atoms with Gasteiger partial charge in [-0.05, 0) is 13.0 Å². The lowest BCUT2D eigenvalue weighted by Crippen LogP contribution is -2.17. The van der Waals surface area contributed by atoms with E-state index < -0.39 is 23.5 Å². The third-order valence-electron chi connectivity index (χ3n) is 2.79. The van der Waals surface area contributed by atoms with E-state index in [0.717, 1.165) is 0 Å². The van der Waals surface area contributed by atoms with Crippen molar-refractivity contribution < 1.29 is 23.8 Å². The second-order valence-corrected chi connectivity index (χ2v) is 4.65. The van der Waals surface area contributed by atoms with Crippen LogP contribution in [0.15, 0.2) is 6.07 Å². The SMILES string of the molecule is COc1c(Cl)cc(C(=O)C(C)CC(=O)O)c(F)c1C.